The van der Waals surface area contributed by atoms with Gasteiger partial charge >= 0.3 is 0 Å². The third-order valence-corrected chi connectivity index (χ3v) is 4.42. The Balaban J connectivity index is 2.14. The molecule has 0 spiro atoms. The van der Waals surface area contributed by atoms with Crippen LogP contribution < -0.4 is 0 Å². The second-order valence-corrected chi connectivity index (χ2v) is 6.74. The molecule has 1 aromatic carbocycles. The van der Waals surface area contributed by atoms with E-state index in [9.17, 15) is 9.18 Å². The maximum absolute atomic E-state index is 12.9. The number of amides is 1. The lowest BCUT2D eigenvalue weighted by Crippen LogP contribution is -2.26. The van der Waals surface area contributed by atoms with Crippen molar-refractivity contribution < 1.29 is 9.18 Å². The summed E-state index contributed by atoms with van der Waals surface area (Å²) >= 11 is 10.8. The van der Waals surface area contributed by atoms with Crippen LogP contribution in [0.4, 0.5) is 4.39 Å². The van der Waals surface area contributed by atoms with Gasteiger partial charge in [-0.2, -0.15) is 0 Å². The first-order valence-electron chi connectivity index (χ1n) is 5.41. The van der Waals surface area contributed by atoms with Gasteiger partial charge in [0.25, 0.3) is 5.91 Å². The minimum Gasteiger partial charge on any atom is -0.337 e. The Morgan fingerprint density at radius 1 is 1.47 bits per heavy atom. The Hall–Kier alpha value is -0.910. The van der Waals surface area contributed by atoms with E-state index in [1.165, 1.54) is 12.1 Å². The average Bonchev–Trinajstić information content (AvgIpc) is 2.74. The number of rotatable bonds is 3. The molecule has 0 saturated heterocycles. The third kappa shape index (κ3) is 3.55. The SMILES string of the molecule is CN(Cc1csc(Br)c1)C(=O)c1ccc(F)cc1Cl. The van der Waals surface area contributed by atoms with E-state index in [-0.39, 0.29) is 10.9 Å². The highest BCUT2D eigenvalue weighted by molar-refractivity contribution is 9.11. The van der Waals surface area contributed by atoms with Gasteiger partial charge in [0.2, 0.25) is 0 Å². The summed E-state index contributed by atoms with van der Waals surface area (Å²) in [7, 11) is 1.69. The number of hydrogen-bond donors (Lipinski definition) is 0. The van der Waals surface area contributed by atoms with Crippen molar-refractivity contribution in [1.29, 1.82) is 0 Å². The topological polar surface area (TPSA) is 20.3 Å². The Bertz CT molecular complexity index is 616. The molecule has 100 valence electrons. The van der Waals surface area contributed by atoms with Crippen LogP contribution in [-0.2, 0) is 6.54 Å². The largest absolute Gasteiger partial charge is 0.337 e. The third-order valence-electron chi connectivity index (χ3n) is 2.55. The fraction of sp³-hybridized carbons (Fsp3) is 0.154. The molecule has 0 bridgehead atoms. The molecule has 0 aliphatic rings. The molecule has 1 amide bonds. The minimum atomic E-state index is -0.453. The van der Waals surface area contributed by atoms with Crippen LogP contribution in [0.3, 0.4) is 0 Å². The van der Waals surface area contributed by atoms with Crippen molar-refractivity contribution in [2.45, 2.75) is 6.54 Å². The molecule has 19 heavy (non-hydrogen) atoms. The number of hydrogen-bond acceptors (Lipinski definition) is 2. The summed E-state index contributed by atoms with van der Waals surface area (Å²) in [5.41, 5.74) is 1.34. The van der Waals surface area contributed by atoms with Crippen LogP contribution in [0.25, 0.3) is 0 Å². The molecule has 1 heterocycles. The number of carbonyl (C=O) groups excluding carboxylic acids is 1. The molecule has 0 unspecified atom stereocenters. The summed E-state index contributed by atoms with van der Waals surface area (Å²) in [6, 6.07) is 5.73. The van der Waals surface area contributed by atoms with Gasteiger partial charge in [0.1, 0.15) is 5.82 Å². The highest BCUT2D eigenvalue weighted by atomic mass is 79.9. The van der Waals surface area contributed by atoms with E-state index >= 15 is 0 Å². The van der Waals surface area contributed by atoms with Crippen LogP contribution >= 0.6 is 38.9 Å². The normalized spacial score (nSPS) is 10.5. The van der Waals surface area contributed by atoms with E-state index in [2.05, 4.69) is 15.9 Å². The highest BCUT2D eigenvalue weighted by Crippen LogP contribution is 2.23. The molecule has 2 aromatic rings. The number of benzene rings is 1. The van der Waals surface area contributed by atoms with Gasteiger partial charge in [-0.1, -0.05) is 11.6 Å². The Morgan fingerprint density at radius 3 is 2.79 bits per heavy atom. The van der Waals surface area contributed by atoms with E-state index in [1.807, 2.05) is 11.4 Å². The molecule has 0 N–H and O–H groups in total. The fourth-order valence-electron chi connectivity index (χ4n) is 1.64. The Morgan fingerprint density at radius 2 is 2.21 bits per heavy atom. The molecule has 2 nitrogen and oxygen atoms in total. The quantitative estimate of drug-likeness (QED) is 0.783. The minimum absolute atomic E-state index is 0.128. The molecule has 0 aliphatic heterocycles. The summed E-state index contributed by atoms with van der Waals surface area (Å²) in [4.78, 5) is 13.7. The highest BCUT2D eigenvalue weighted by Gasteiger charge is 2.16. The first-order chi connectivity index (χ1) is 8.97. The zero-order valence-electron chi connectivity index (χ0n) is 9.99. The molecule has 6 heteroatoms. The van der Waals surface area contributed by atoms with Crippen molar-refractivity contribution in [1.82, 2.24) is 4.90 Å². The van der Waals surface area contributed by atoms with Crippen LogP contribution in [0.1, 0.15) is 15.9 Å². The Labute approximate surface area is 127 Å². The second-order valence-electron chi connectivity index (χ2n) is 4.04. The van der Waals surface area contributed by atoms with Crippen molar-refractivity contribution in [3.63, 3.8) is 0 Å². The van der Waals surface area contributed by atoms with Gasteiger partial charge in [-0.25, -0.2) is 4.39 Å². The maximum atomic E-state index is 12.9. The molecule has 0 fully saturated rings. The van der Waals surface area contributed by atoms with Gasteiger partial charge in [0.15, 0.2) is 0 Å². The standard InChI is InChI=1S/C13H10BrClFNOS/c1-17(6-8-4-12(14)19-7-8)13(18)10-3-2-9(16)5-11(10)15/h2-5,7H,6H2,1H3. The molecule has 0 atom stereocenters. The van der Waals surface area contributed by atoms with Crippen LogP contribution in [0.5, 0.6) is 0 Å². The van der Waals surface area contributed by atoms with Gasteiger partial charge in [0.05, 0.1) is 14.4 Å². The molecule has 0 aliphatic carbocycles. The molecule has 0 saturated carbocycles. The van der Waals surface area contributed by atoms with Crippen LogP contribution in [0.2, 0.25) is 5.02 Å². The number of thiophene rings is 1. The van der Waals surface area contributed by atoms with Gasteiger partial charge < -0.3 is 4.90 Å². The summed E-state index contributed by atoms with van der Waals surface area (Å²) < 4.78 is 14.0. The molecule has 2 rings (SSSR count). The lowest BCUT2D eigenvalue weighted by atomic mass is 10.2. The van der Waals surface area contributed by atoms with Crippen molar-refractivity contribution in [3.05, 3.63) is 55.4 Å². The first kappa shape index (κ1) is 14.5. The van der Waals surface area contributed by atoms with Crippen molar-refractivity contribution in [2.75, 3.05) is 7.05 Å². The summed E-state index contributed by atoms with van der Waals surface area (Å²) in [6.07, 6.45) is 0. The van der Waals surface area contributed by atoms with Crippen LogP contribution in [0, 0.1) is 5.82 Å². The predicted molar refractivity (Wildman–Crippen MR) is 79.2 cm³/mol. The fourth-order valence-corrected chi connectivity index (χ4v) is 3.09. The Kier molecular flexibility index (Phi) is 4.60. The molecular weight excluding hydrogens is 353 g/mol. The number of nitrogens with zero attached hydrogens (tertiary/aromatic N) is 1. The van der Waals surface area contributed by atoms with Crippen molar-refractivity contribution in [3.8, 4) is 0 Å². The maximum Gasteiger partial charge on any atom is 0.255 e. The lowest BCUT2D eigenvalue weighted by molar-refractivity contribution is 0.0785. The van der Waals surface area contributed by atoms with Gasteiger partial charge in [-0.15, -0.1) is 11.3 Å². The second kappa shape index (κ2) is 6.03. The lowest BCUT2D eigenvalue weighted by Gasteiger charge is -2.17. The molecule has 1 aromatic heterocycles. The number of halogens is 3. The predicted octanol–water partition coefficient (Wildman–Crippen LogP) is 4.58. The summed E-state index contributed by atoms with van der Waals surface area (Å²) in [6.45, 7) is 0.481. The average molecular weight is 363 g/mol. The molecule has 0 radical (unpaired) electrons. The van der Waals surface area contributed by atoms with E-state index in [4.69, 9.17) is 11.6 Å². The zero-order chi connectivity index (χ0) is 14.0. The van der Waals surface area contributed by atoms with Gasteiger partial charge in [0, 0.05) is 13.6 Å². The van der Waals surface area contributed by atoms with Crippen LogP contribution in [0.15, 0.2) is 33.4 Å². The smallest absolute Gasteiger partial charge is 0.255 e. The van der Waals surface area contributed by atoms with E-state index in [0.717, 1.165) is 15.4 Å². The monoisotopic (exact) mass is 361 g/mol. The molecular formula is C13H10BrClFNOS. The zero-order valence-corrected chi connectivity index (χ0v) is 13.1. The van der Waals surface area contributed by atoms with E-state index in [0.29, 0.717) is 12.1 Å². The summed E-state index contributed by atoms with van der Waals surface area (Å²) in [5.74, 6) is -0.682. The van der Waals surface area contributed by atoms with Gasteiger partial charge in [-0.05, 0) is 51.1 Å². The number of carbonyl (C=O) groups is 1. The van der Waals surface area contributed by atoms with E-state index in [1.54, 1.807) is 23.3 Å². The van der Waals surface area contributed by atoms with Crippen LogP contribution in [-0.4, -0.2) is 17.9 Å². The van der Waals surface area contributed by atoms with Crippen molar-refractivity contribution >= 4 is 44.8 Å². The van der Waals surface area contributed by atoms with Crippen molar-refractivity contribution in [2.24, 2.45) is 0 Å². The summed E-state index contributed by atoms with van der Waals surface area (Å²) in [5, 5.41) is 2.10. The van der Waals surface area contributed by atoms with E-state index < -0.39 is 5.82 Å². The van der Waals surface area contributed by atoms with Gasteiger partial charge in [-0.3, -0.25) is 4.79 Å². The first-order valence-corrected chi connectivity index (χ1v) is 7.46.